The van der Waals surface area contributed by atoms with Crippen LogP contribution >= 0.6 is 11.3 Å². The van der Waals surface area contributed by atoms with E-state index in [1.54, 1.807) is 25.2 Å². The van der Waals surface area contributed by atoms with Crippen molar-refractivity contribution in [1.29, 1.82) is 0 Å². The van der Waals surface area contributed by atoms with Gasteiger partial charge in [-0.25, -0.2) is 4.79 Å². The molecule has 3 N–H and O–H groups in total. The van der Waals surface area contributed by atoms with E-state index < -0.39 is 6.10 Å². The molecule has 2 amide bonds. The Morgan fingerprint density at radius 1 is 1.38 bits per heavy atom. The van der Waals surface area contributed by atoms with Gasteiger partial charge in [-0.2, -0.15) is 0 Å². The van der Waals surface area contributed by atoms with Crippen LogP contribution in [0.25, 0.3) is 0 Å². The molecule has 0 spiro atoms. The number of nitrogens with zero attached hydrogens (tertiary/aromatic N) is 1. The molecular weight excluding hydrogens is 288 g/mol. The first-order valence-electron chi connectivity index (χ1n) is 7.19. The summed E-state index contributed by atoms with van der Waals surface area (Å²) in [6.07, 6.45) is -0.634. The predicted molar refractivity (Wildman–Crippen MR) is 85.7 cm³/mol. The molecule has 120 valence electrons. The lowest BCUT2D eigenvalue weighted by Crippen LogP contribution is -2.49. The van der Waals surface area contributed by atoms with Crippen molar-refractivity contribution in [2.45, 2.75) is 52.8 Å². The zero-order chi connectivity index (χ0) is 16.2. The number of aliphatic hydroxyl groups is 2. The number of carbonyl (C=O) groups excluding carboxylic acids is 1. The Morgan fingerprint density at radius 2 is 2.00 bits per heavy atom. The van der Waals surface area contributed by atoms with Crippen molar-refractivity contribution >= 4 is 17.4 Å². The van der Waals surface area contributed by atoms with Crippen LogP contribution in [0.15, 0.2) is 6.07 Å². The number of carbonyl (C=O) groups is 1. The maximum atomic E-state index is 12.4. The van der Waals surface area contributed by atoms with Gasteiger partial charge in [0, 0.05) is 16.3 Å². The number of thiophene rings is 1. The summed E-state index contributed by atoms with van der Waals surface area (Å²) in [7, 11) is 0. The summed E-state index contributed by atoms with van der Waals surface area (Å²) in [6.45, 7) is 9.47. The fourth-order valence-electron chi connectivity index (χ4n) is 2.27. The summed E-state index contributed by atoms with van der Waals surface area (Å²) >= 11 is 1.71. The second kappa shape index (κ2) is 7.77. The van der Waals surface area contributed by atoms with E-state index in [2.05, 4.69) is 11.4 Å². The van der Waals surface area contributed by atoms with Crippen LogP contribution in [0.5, 0.6) is 0 Å². The van der Waals surface area contributed by atoms with Crippen molar-refractivity contribution < 1.29 is 15.0 Å². The van der Waals surface area contributed by atoms with E-state index in [4.69, 9.17) is 0 Å². The first kappa shape index (κ1) is 17.9. The number of hydrogen-bond acceptors (Lipinski definition) is 4. The normalized spacial score (nSPS) is 15.4. The van der Waals surface area contributed by atoms with Gasteiger partial charge in [0.1, 0.15) is 0 Å². The average molecular weight is 314 g/mol. The molecule has 1 aromatic heterocycles. The van der Waals surface area contributed by atoms with Crippen molar-refractivity contribution in [2.75, 3.05) is 13.2 Å². The third-order valence-electron chi connectivity index (χ3n) is 3.40. The van der Waals surface area contributed by atoms with Gasteiger partial charge < -0.3 is 20.4 Å². The quantitative estimate of drug-likeness (QED) is 0.754. The second-order valence-corrected chi connectivity index (χ2v) is 7.03. The molecule has 0 aromatic carbocycles. The van der Waals surface area contributed by atoms with Crippen molar-refractivity contribution in [3.8, 4) is 0 Å². The monoisotopic (exact) mass is 314 g/mol. The van der Waals surface area contributed by atoms with Gasteiger partial charge >= 0.3 is 6.03 Å². The van der Waals surface area contributed by atoms with E-state index in [-0.39, 0.29) is 31.3 Å². The first-order valence-corrected chi connectivity index (χ1v) is 8.00. The summed E-state index contributed by atoms with van der Waals surface area (Å²) in [4.78, 5) is 16.3. The van der Waals surface area contributed by atoms with Gasteiger partial charge in [0.15, 0.2) is 0 Å². The largest absolute Gasteiger partial charge is 0.394 e. The number of hydrogen-bond donors (Lipinski definition) is 3. The summed E-state index contributed by atoms with van der Waals surface area (Å²) in [5, 5.41) is 21.7. The van der Waals surface area contributed by atoms with Gasteiger partial charge in [-0.15, -0.1) is 11.3 Å². The summed E-state index contributed by atoms with van der Waals surface area (Å²) < 4.78 is 0. The highest BCUT2D eigenvalue weighted by Gasteiger charge is 2.23. The molecule has 0 bridgehead atoms. The number of rotatable bonds is 6. The molecule has 0 saturated heterocycles. The van der Waals surface area contributed by atoms with Crippen LogP contribution in [0.1, 0.15) is 42.1 Å². The highest BCUT2D eigenvalue weighted by Crippen LogP contribution is 2.26. The molecule has 6 heteroatoms. The van der Waals surface area contributed by atoms with E-state index in [1.165, 1.54) is 14.7 Å². The Hall–Kier alpha value is -1.11. The minimum Gasteiger partial charge on any atom is -0.394 e. The Morgan fingerprint density at radius 3 is 2.43 bits per heavy atom. The van der Waals surface area contributed by atoms with Crippen molar-refractivity contribution in [3.63, 3.8) is 0 Å². The maximum absolute atomic E-state index is 12.4. The topological polar surface area (TPSA) is 72.8 Å². The molecule has 0 unspecified atom stereocenters. The number of aryl methyl sites for hydroxylation is 2. The zero-order valence-corrected chi connectivity index (χ0v) is 14.2. The van der Waals surface area contributed by atoms with Crippen LogP contribution in [0.4, 0.5) is 4.79 Å². The summed E-state index contributed by atoms with van der Waals surface area (Å²) in [5.41, 5.74) is 1.11. The smallest absolute Gasteiger partial charge is 0.318 e. The van der Waals surface area contributed by atoms with Gasteiger partial charge in [0.2, 0.25) is 0 Å². The molecule has 1 rings (SSSR count). The molecular formula is C15H26N2O3S. The van der Waals surface area contributed by atoms with Crippen LogP contribution in [-0.2, 0) is 0 Å². The lowest BCUT2D eigenvalue weighted by Gasteiger charge is -2.30. The SMILES string of the molecule is Cc1cc([C@H](C)NC(=O)N(C[C@H](C)O)[C@H](C)CO)c(C)s1. The molecule has 0 aliphatic carbocycles. The predicted octanol–water partition coefficient (Wildman–Crippen LogP) is 2.20. The van der Waals surface area contributed by atoms with Crippen LogP contribution in [0.2, 0.25) is 0 Å². The number of nitrogens with one attached hydrogen (secondary N) is 1. The zero-order valence-electron chi connectivity index (χ0n) is 13.4. The lowest BCUT2D eigenvalue weighted by molar-refractivity contribution is 0.0926. The average Bonchev–Trinajstić information content (AvgIpc) is 2.73. The van der Waals surface area contributed by atoms with Crippen molar-refractivity contribution in [3.05, 3.63) is 21.4 Å². The van der Waals surface area contributed by atoms with Crippen molar-refractivity contribution in [1.82, 2.24) is 10.2 Å². The minimum atomic E-state index is -0.634. The molecule has 0 aliphatic heterocycles. The van der Waals surface area contributed by atoms with Gasteiger partial charge in [-0.1, -0.05) is 0 Å². The van der Waals surface area contributed by atoms with Crippen LogP contribution in [0.3, 0.4) is 0 Å². The van der Waals surface area contributed by atoms with Crippen molar-refractivity contribution in [2.24, 2.45) is 0 Å². The fourth-order valence-corrected chi connectivity index (χ4v) is 3.29. The molecule has 0 aliphatic rings. The number of aliphatic hydroxyl groups excluding tert-OH is 2. The first-order chi connectivity index (χ1) is 9.76. The molecule has 1 aromatic rings. The van der Waals surface area contributed by atoms with Gasteiger partial charge in [-0.3, -0.25) is 0 Å². The molecule has 3 atom stereocenters. The molecule has 1 heterocycles. The maximum Gasteiger partial charge on any atom is 0.318 e. The van der Waals surface area contributed by atoms with E-state index in [0.717, 1.165) is 5.56 Å². The molecule has 0 fully saturated rings. The van der Waals surface area contributed by atoms with E-state index in [1.807, 2.05) is 20.8 Å². The fraction of sp³-hybridized carbons (Fsp3) is 0.667. The Labute approximate surface area is 130 Å². The van der Waals surface area contributed by atoms with Gasteiger partial charge in [-0.05, 0) is 46.2 Å². The summed E-state index contributed by atoms with van der Waals surface area (Å²) in [5.74, 6) is 0. The number of urea groups is 1. The third kappa shape index (κ3) is 4.98. The van der Waals surface area contributed by atoms with Crippen LogP contribution in [0, 0.1) is 13.8 Å². The van der Waals surface area contributed by atoms with E-state index in [0.29, 0.717) is 0 Å². The lowest BCUT2D eigenvalue weighted by atomic mass is 10.1. The highest BCUT2D eigenvalue weighted by molar-refractivity contribution is 7.12. The highest BCUT2D eigenvalue weighted by atomic mass is 32.1. The standard InChI is InChI=1S/C15H26N2O3S/c1-9(8-18)17(7-10(2)19)15(20)16-12(4)14-6-11(3)21-13(14)5/h6,9-10,12,18-19H,7-8H2,1-5H3,(H,16,20)/t9-,10+,12+/m1/s1. The molecule has 0 radical (unpaired) electrons. The summed E-state index contributed by atoms with van der Waals surface area (Å²) in [6, 6.07) is 1.37. The Balaban J connectivity index is 2.78. The van der Waals surface area contributed by atoms with Crippen LogP contribution < -0.4 is 5.32 Å². The third-order valence-corrected chi connectivity index (χ3v) is 4.39. The van der Waals surface area contributed by atoms with E-state index >= 15 is 0 Å². The molecule has 0 saturated carbocycles. The van der Waals surface area contributed by atoms with E-state index in [9.17, 15) is 15.0 Å². The minimum absolute atomic E-state index is 0.107. The Bertz CT molecular complexity index is 473. The molecule has 5 nitrogen and oxygen atoms in total. The Kier molecular flexibility index (Phi) is 6.64. The second-order valence-electron chi connectivity index (χ2n) is 5.57. The van der Waals surface area contributed by atoms with Crippen LogP contribution in [-0.4, -0.2) is 46.4 Å². The number of amides is 2. The van der Waals surface area contributed by atoms with Gasteiger partial charge in [0.05, 0.1) is 24.8 Å². The molecule has 21 heavy (non-hydrogen) atoms. The van der Waals surface area contributed by atoms with Gasteiger partial charge in [0.25, 0.3) is 0 Å².